The first-order chi connectivity index (χ1) is 6.71. The summed E-state index contributed by atoms with van der Waals surface area (Å²) in [5.74, 6) is -2.69. The number of phosphoric acid groups is 1. The molecule has 9 heteroatoms. The summed E-state index contributed by atoms with van der Waals surface area (Å²) in [7, 11) is -4.60. The van der Waals surface area contributed by atoms with Gasteiger partial charge in [0.05, 0.1) is 12.7 Å². The largest absolute Gasteiger partial charge is 0.469 e. The number of rotatable bonds is 3. The first-order valence-electron chi connectivity index (χ1n) is 4.21. The van der Waals surface area contributed by atoms with Crippen LogP contribution in [0.25, 0.3) is 0 Å². The number of hydrogen-bond acceptors (Lipinski definition) is 6. The standard InChI is InChI=1S/C6H13O8P/c7-5-2-1-4(14-6(5,8)9)3-13-15(10,11)12/h4-5,7-9H,1-3H2,(H2,10,11,12). The Hall–Kier alpha value is -0.0500. The summed E-state index contributed by atoms with van der Waals surface area (Å²) in [6, 6.07) is 0. The predicted octanol–water partition coefficient (Wildman–Crippen LogP) is -1.73. The second-order valence-electron chi connectivity index (χ2n) is 3.28. The fraction of sp³-hybridized carbons (Fsp3) is 1.00. The molecule has 0 aromatic carbocycles. The molecular weight excluding hydrogens is 231 g/mol. The van der Waals surface area contributed by atoms with Gasteiger partial charge in [-0.1, -0.05) is 0 Å². The van der Waals surface area contributed by atoms with Gasteiger partial charge in [0.15, 0.2) is 0 Å². The van der Waals surface area contributed by atoms with E-state index in [1.807, 2.05) is 0 Å². The molecule has 0 bridgehead atoms. The molecule has 1 heterocycles. The zero-order valence-corrected chi connectivity index (χ0v) is 8.58. The lowest BCUT2D eigenvalue weighted by Gasteiger charge is -2.36. The van der Waals surface area contributed by atoms with E-state index in [2.05, 4.69) is 9.26 Å². The summed E-state index contributed by atoms with van der Waals surface area (Å²) in [6.07, 6.45) is -2.06. The average molecular weight is 244 g/mol. The van der Waals surface area contributed by atoms with E-state index in [-0.39, 0.29) is 12.8 Å². The predicted molar refractivity (Wildman–Crippen MR) is 45.3 cm³/mol. The Morgan fingerprint density at radius 1 is 1.40 bits per heavy atom. The Morgan fingerprint density at radius 3 is 2.47 bits per heavy atom. The molecule has 1 aliphatic heterocycles. The molecule has 2 unspecified atom stereocenters. The maximum Gasteiger partial charge on any atom is 0.469 e. The zero-order valence-electron chi connectivity index (χ0n) is 7.68. The summed E-state index contributed by atoms with van der Waals surface area (Å²) in [5.41, 5.74) is 0. The number of aliphatic hydroxyl groups is 3. The van der Waals surface area contributed by atoms with Crippen molar-refractivity contribution in [2.75, 3.05) is 6.61 Å². The zero-order chi connectivity index (χ0) is 11.7. The van der Waals surface area contributed by atoms with Crippen molar-refractivity contribution in [1.29, 1.82) is 0 Å². The molecule has 15 heavy (non-hydrogen) atoms. The third-order valence-corrected chi connectivity index (χ3v) is 2.45. The molecule has 5 N–H and O–H groups in total. The smallest absolute Gasteiger partial charge is 0.385 e. The van der Waals surface area contributed by atoms with Crippen LogP contribution >= 0.6 is 7.82 Å². The summed E-state index contributed by atoms with van der Waals surface area (Å²) in [6.45, 7) is -0.472. The van der Waals surface area contributed by atoms with Crippen LogP contribution in [0.5, 0.6) is 0 Å². The molecule has 1 fully saturated rings. The molecule has 1 saturated heterocycles. The molecule has 2 atom stereocenters. The topological polar surface area (TPSA) is 137 Å². The van der Waals surface area contributed by atoms with Gasteiger partial charge in [-0.05, 0) is 12.8 Å². The maximum atomic E-state index is 10.3. The van der Waals surface area contributed by atoms with Crippen molar-refractivity contribution in [2.45, 2.75) is 31.0 Å². The quantitative estimate of drug-likeness (QED) is 0.292. The van der Waals surface area contributed by atoms with E-state index in [4.69, 9.17) is 25.1 Å². The van der Waals surface area contributed by atoms with Crippen LogP contribution in [0.2, 0.25) is 0 Å². The summed E-state index contributed by atoms with van der Waals surface area (Å²) in [4.78, 5) is 16.8. The summed E-state index contributed by atoms with van der Waals surface area (Å²) in [5, 5.41) is 27.2. The number of aliphatic hydroxyl groups excluding tert-OH is 1. The van der Waals surface area contributed by atoms with Crippen LogP contribution in [-0.4, -0.2) is 49.9 Å². The Morgan fingerprint density at radius 2 is 2.00 bits per heavy atom. The van der Waals surface area contributed by atoms with E-state index in [9.17, 15) is 4.57 Å². The molecule has 0 radical (unpaired) electrons. The van der Waals surface area contributed by atoms with E-state index >= 15 is 0 Å². The van der Waals surface area contributed by atoms with Gasteiger partial charge in [-0.3, -0.25) is 4.52 Å². The number of hydrogen-bond donors (Lipinski definition) is 5. The van der Waals surface area contributed by atoms with Gasteiger partial charge in [-0.15, -0.1) is 0 Å². The Balaban J connectivity index is 2.43. The minimum Gasteiger partial charge on any atom is -0.385 e. The van der Waals surface area contributed by atoms with Gasteiger partial charge in [-0.25, -0.2) is 4.57 Å². The monoisotopic (exact) mass is 244 g/mol. The Kier molecular flexibility index (Phi) is 3.85. The van der Waals surface area contributed by atoms with Gasteiger partial charge in [0, 0.05) is 0 Å². The van der Waals surface area contributed by atoms with Crippen LogP contribution in [0.3, 0.4) is 0 Å². The van der Waals surface area contributed by atoms with Crippen LogP contribution in [0.1, 0.15) is 12.8 Å². The van der Waals surface area contributed by atoms with Crippen LogP contribution in [0.15, 0.2) is 0 Å². The average Bonchev–Trinajstić information content (AvgIpc) is 2.06. The van der Waals surface area contributed by atoms with Gasteiger partial charge in [0.25, 0.3) is 0 Å². The van der Waals surface area contributed by atoms with E-state index in [0.29, 0.717) is 0 Å². The molecule has 0 aromatic heterocycles. The second kappa shape index (κ2) is 4.44. The highest BCUT2D eigenvalue weighted by Crippen LogP contribution is 2.37. The van der Waals surface area contributed by atoms with Crippen molar-refractivity contribution in [2.24, 2.45) is 0 Å². The Bertz CT molecular complexity index is 260. The van der Waals surface area contributed by atoms with Gasteiger partial charge >= 0.3 is 13.8 Å². The lowest BCUT2D eigenvalue weighted by molar-refractivity contribution is -0.407. The van der Waals surface area contributed by atoms with E-state index < -0.39 is 32.6 Å². The highest BCUT2D eigenvalue weighted by atomic mass is 31.2. The maximum absolute atomic E-state index is 10.3. The highest BCUT2D eigenvalue weighted by molar-refractivity contribution is 7.46. The molecule has 90 valence electrons. The lowest BCUT2D eigenvalue weighted by Crippen LogP contribution is -2.52. The van der Waals surface area contributed by atoms with Gasteiger partial charge in [-0.2, -0.15) is 0 Å². The number of ether oxygens (including phenoxy) is 1. The van der Waals surface area contributed by atoms with Gasteiger partial charge in [0.1, 0.15) is 6.10 Å². The van der Waals surface area contributed by atoms with Crippen molar-refractivity contribution in [1.82, 2.24) is 0 Å². The van der Waals surface area contributed by atoms with E-state index in [0.717, 1.165) is 0 Å². The normalized spacial score (nSPS) is 31.5. The van der Waals surface area contributed by atoms with Crippen LogP contribution in [-0.2, 0) is 13.8 Å². The molecule has 8 nitrogen and oxygen atoms in total. The van der Waals surface area contributed by atoms with Gasteiger partial charge in [0.2, 0.25) is 0 Å². The molecule has 1 rings (SSSR count). The molecule has 0 amide bonds. The summed E-state index contributed by atoms with van der Waals surface area (Å²) >= 11 is 0. The van der Waals surface area contributed by atoms with Crippen molar-refractivity contribution in [3.05, 3.63) is 0 Å². The van der Waals surface area contributed by atoms with Crippen molar-refractivity contribution >= 4 is 7.82 Å². The lowest BCUT2D eigenvalue weighted by atomic mass is 10.1. The Labute approximate surface area is 85.3 Å². The van der Waals surface area contributed by atoms with Crippen LogP contribution in [0, 0.1) is 0 Å². The minimum atomic E-state index is -4.60. The fourth-order valence-corrected chi connectivity index (χ4v) is 1.57. The van der Waals surface area contributed by atoms with Crippen LogP contribution < -0.4 is 0 Å². The highest BCUT2D eigenvalue weighted by Gasteiger charge is 2.42. The summed E-state index contributed by atoms with van der Waals surface area (Å²) < 4.78 is 19.1. The van der Waals surface area contributed by atoms with Crippen molar-refractivity contribution < 1.29 is 38.9 Å². The van der Waals surface area contributed by atoms with E-state index in [1.54, 1.807) is 0 Å². The second-order valence-corrected chi connectivity index (χ2v) is 4.52. The van der Waals surface area contributed by atoms with Crippen LogP contribution in [0.4, 0.5) is 0 Å². The first kappa shape index (κ1) is 13.0. The SMILES string of the molecule is O=P(O)(O)OCC1CCC(O)C(O)(O)O1. The molecule has 0 aromatic rings. The van der Waals surface area contributed by atoms with Gasteiger partial charge < -0.3 is 29.8 Å². The first-order valence-corrected chi connectivity index (χ1v) is 5.74. The molecular formula is C6H13O8P. The third-order valence-electron chi connectivity index (χ3n) is 1.96. The van der Waals surface area contributed by atoms with E-state index in [1.165, 1.54) is 0 Å². The fourth-order valence-electron chi connectivity index (χ4n) is 1.21. The molecule has 0 spiro atoms. The van der Waals surface area contributed by atoms with Crippen molar-refractivity contribution in [3.8, 4) is 0 Å². The molecule has 0 saturated carbocycles. The third kappa shape index (κ3) is 4.13. The van der Waals surface area contributed by atoms with Crippen molar-refractivity contribution in [3.63, 3.8) is 0 Å². The molecule has 1 aliphatic rings. The number of phosphoric ester groups is 1. The molecule has 0 aliphatic carbocycles. The minimum absolute atomic E-state index is 0.0438.